The minimum absolute atomic E-state index is 0. The lowest BCUT2D eigenvalue weighted by molar-refractivity contribution is 0.0625. The Labute approximate surface area is 189 Å². The second-order valence-electron chi connectivity index (χ2n) is 6.94. The number of nitrogens with one attached hydrogen (secondary N) is 1. The summed E-state index contributed by atoms with van der Waals surface area (Å²) in [5.41, 5.74) is 2.09. The Balaban J connectivity index is 0.00000280. The van der Waals surface area contributed by atoms with Gasteiger partial charge in [0, 0.05) is 57.2 Å². The van der Waals surface area contributed by atoms with Gasteiger partial charge in [-0.05, 0) is 49.4 Å². The maximum absolute atomic E-state index is 5.95. The molecule has 0 aliphatic carbocycles. The zero-order valence-electron chi connectivity index (χ0n) is 16.5. The van der Waals surface area contributed by atoms with E-state index >= 15 is 0 Å². The van der Waals surface area contributed by atoms with Crippen LogP contribution in [0.3, 0.4) is 0 Å². The largest absolute Gasteiger partial charge is 0.381 e. The fourth-order valence-electron chi connectivity index (χ4n) is 3.27. The van der Waals surface area contributed by atoms with Crippen molar-refractivity contribution in [2.45, 2.75) is 25.8 Å². The van der Waals surface area contributed by atoms with Crippen LogP contribution in [0.2, 0.25) is 5.02 Å². The predicted octanol–water partition coefficient (Wildman–Crippen LogP) is 3.97. The Bertz CT molecular complexity index is 743. The third kappa shape index (κ3) is 6.63. The molecule has 2 heterocycles. The summed E-state index contributed by atoms with van der Waals surface area (Å²) in [7, 11) is 3.91. The van der Waals surface area contributed by atoms with Crippen LogP contribution in [-0.2, 0) is 11.3 Å². The summed E-state index contributed by atoms with van der Waals surface area (Å²) in [4.78, 5) is 6.60. The Morgan fingerprint density at radius 2 is 2.04 bits per heavy atom. The highest BCUT2D eigenvalue weighted by molar-refractivity contribution is 14.0. The monoisotopic (exact) mass is 517 g/mol. The van der Waals surface area contributed by atoms with Crippen molar-refractivity contribution in [3.63, 3.8) is 0 Å². The van der Waals surface area contributed by atoms with Crippen LogP contribution in [0.5, 0.6) is 0 Å². The standard InChI is InChI=1S/C20H28ClN5O.HI/c1-22-20(25(2)10-7-16-8-11-27-12-9-16)23-13-17-14-24-26(15-17)19-5-3-18(21)4-6-19;/h3-6,14-16H,7-13H2,1-2H3,(H,22,23);1H. The molecule has 0 amide bonds. The van der Waals surface area contributed by atoms with E-state index in [0.29, 0.717) is 6.54 Å². The van der Waals surface area contributed by atoms with Gasteiger partial charge in [0.05, 0.1) is 11.9 Å². The second-order valence-corrected chi connectivity index (χ2v) is 7.37. The minimum atomic E-state index is 0. The zero-order chi connectivity index (χ0) is 19.1. The molecule has 0 saturated carbocycles. The molecule has 1 fully saturated rings. The predicted molar refractivity (Wildman–Crippen MR) is 125 cm³/mol. The molecule has 0 spiro atoms. The molecule has 2 aromatic rings. The van der Waals surface area contributed by atoms with E-state index in [1.165, 1.54) is 19.3 Å². The van der Waals surface area contributed by atoms with Crippen molar-refractivity contribution < 1.29 is 4.74 Å². The van der Waals surface area contributed by atoms with Crippen molar-refractivity contribution in [2.24, 2.45) is 10.9 Å². The van der Waals surface area contributed by atoms with Crippen LogP contribution in [0.25, 0.3) is 5.69 Å². The number of rotatable bonds is 6. The normalized spacial score (nSPS) is 15.2. The van der Waals surface area contributed by atoms with Crippen molar-refractivity contribution in [1.82, 2.24) is 20.0 Å². The summed E-state index contributed by atoms with van der Waals surface area (Å²) in [6, 6.07) is 7.64. The Morgan fingerprint density at radius 1 is 1.32 bits per heavy atom. The number of ether oxygens (including phenoxy) is 1. The van der Waals surface area contributed by atoms with Crippen LogP contribution in [0.15, 0.2) is 41.7 Å². The molecule has 8 heteroatoms. The first-order valence-electron chi connectivity index (χ1n) is 9.44. The van der Waals surface area contributed by atoms with E-state index in [1.807, 2.05) is 48.4 Å². The molecule has 0 atom stereocenters. The van der Waals surface area contributed by atoms with Gasteiger partial charge >= 0.3 is 0 Å². The Kier molecular flexibility index (Phi) is 9.53. The molecule has 1 aromatic carbocycles. The summed E-state index contributed by atoms with van der Waals surface area (Å²) in [6.07, 6.45) is 7.41. The van der Waals surface area contributed by atoms with Gasteiger partial charge in [-0.1, -0.05) is 11.6 Å². The lowest BCUT2D eigenvalue weighted by Crippen LogP contribution is -2.39. The van der Waals surface area contributed by atoms with Gasteiger partial charge in [0.1, 0.15) is 0 Å². The molecule has 3 rings (SSSR count). The zero-order valence-corrected chi connectivity index (χ0v) is 19.6. The van der Waals surface area contributed by atoms with Crippen molar-refractivity contribution in [1.29, 1.82) is 0 Å². The quantitative estimate of drug-likeness (QED) is 0.358. The topological polar surface area (TPSA) is 54.7 Å². The molecule has 154 valence electrons. The van der Waals surface area contributed by atoms with E-state index in [1.54, 1.807) is 0 Å². The number of aliphatic imine (C=N–C) groups is 1. The van der Waals surface area contributed by atoms with E-state index in [2.05, 4.69) is 27.4 Å². The molecule has 6 nitrogen and oxygen atoms in total. The van der Waals surface area contributed by atoms with Crippen molar-refractivity contribution in [3.8, 4) is 5.69 Å². The number of benzene rings is 1. The van der Waals surface area contributed by atoms with Crippen LogP contribution >= 0.6 is 35.6 Å². The molecule has 1 aliphatic heterocycles. The van der Waals surface area contributed by atoms with Gasteiger partial charge < -0.3 is 15.0 Å². The van der Waals surface area contributed by atoms with Crippen molar-refractivity contribution in [3.05, 3.63) is 47.2 Å². The fourth-order valence-corrected chi connectivity index (χ4v) is 3.40. The fraction of sp³-hybridized carbons (Fsp3) is 0.500. The van der Waals surface area contributed by atoms with Gasteiger partial charge in [-0.2, -0.15) is 5.10 Å². The Morgan fingerprint density at radius 3 is 2.71 bits per heavy atom. The molecule has 0 bridgehead atoms. The number of aromatic nitrogens is 2. The Hall–Kier alpha value is -1.32. The van der Waals surface area contributed by atoms with Crippen LogP contribution < -0.4 is 5.32 Å². The summed E-state index contributed by atoms with van der Waals surface area (Å²) in [5, 5.41) is 8.58. The molecule has 0 radical (unpaired) electrons. The number of nitrogens with zero attached hydrogens (tertiary/aromatic N) is 4. The van der Waals surface area contributed by atoms with Gasteiger partial charge in [-0.15, -0.1) is 24.0 Å². The molecular formula is C20H29ClIN5O. The number of guanidine groups is 1. The van der Waals surface area contributed by atoms with Crippen LogP contribution in [-0.4, -0.2) is 54.5 Å². The van der Waals surface area contributed by atoms with E-state index in [-0.39, 0.29) is 24.0 Å². The first-order valence-corrected chi connectivity index (χ1v) is 9.82. The molecule has 28 heavy (non-hydrogen) atoms. The van der Waals surface area contributed by atoms with Crippen LogP contribution in [0.1, 0.15) is 24.8 Å². The van der Waals surface area contributed by atoms with Crippen LogP contribution in [0.4, 0.5) is 0 Å². The molecular weight excluding hydrogens is 489 g/mol. The first-order chi connectivity index (χ1) is 13.2. The van der Waals surface area contributed by atoms with E-state index in [9.17, 15) is 0 Å². The summed E-state index contributed by atoms with van der Waals surface area (Å²) in [5.74, 6) is 1.67. The summed E-state index contributed by atoms with van der Waals surface area (Å²) >= 11 is 5.95. The SMILES string of the molecule is CN=C(NCc1cnn(-c2ccc(Cl)cc2)c1)N(C)CCC1CCOCC1.I. The highest BCUT2D eigenvalue weighted by Crippen LogP contribution is 2.18. The third-order valence-corrected chi connectivity index (χ3v) is 5.22. The van der Waals surface area contributed by atoms with E-state index in [4.69, 9.17) is 16.3 Å². The maximum Gasteiger partial charge on any atom is 0.193 e. The smallest absolute Gasteiger partial charge is 0.193 e. The van der Waals surface area contributed by atoms with E-state index < -0.39 is 0 Å². The van der Waals surface area contributed by atoms with Gasteiger partial charge in [0.15, 0.2) is 5.96 Å². The van der Waals surface area contributed by atoms with Gasteiger partial charge in [0.25, 0.3) is 0 Å². The maximum atomic E-state index is 5.95. The number of hydrogen-bond acceptors (Lipinski definition) is 3. The average Bonchev–Trinajstić information content (AvgIpc) is 3.17. The average molecular weight is 518 g/mol. The highest BCUT2D eigenvalue weighted by atomic mass is 127. The van der Waals surface area contributed by atoms with Gasteiger partial charge in [0.2, 0.25) is 0 Å². The number of halogens is 2. The highest BCUT2D eigenvalue weighted by Gasteiger charge is 2.15. The lowest BCUT2D eigenvalue weighted by atomic mass is 9.96. The first kappa shape index (κ1) is 23.0. The van der Waals surface area contributed by atoms with Crippen molar-refractivity contribution in [2.75, 3.05) is 33.9 Å². The molecule has 1 aromatic heterocycles. The number of hydrogen-bond donors (Lipinski definition) is 1. The third-order valence-electron chi connectivity index (χ3n) is 4.96. The van der Waals surface area contributed by atoms with Gasteiger partial charge in [-0.25, -0.2) is 4.68 Å². The lowest BCUT2D eigenvalue weighted by Gasteiger charge is -2.26. The molecule has 0 unspecified atom stereocenters. The van der Waals surface area contributed by atoms with E-state index in [0.717, 1.165) is 47.9 Å². The minimum Gasteiger partial charge on any atom is -0.381 e. The van der Waals surface area contributed by atoms with Crippen LogP contribution in [0, 0.1) is 5.92 Å². The van der Waals surface area contributed by atoms with Gasteiger partial charge in [-0.3, -0.25) is 4.99 Å². The second kappa shape index (κ2) is 11.6. The summed E-state index contributed by atoms with van der Waals surface area (Å²) in [6.45, 7) is 3.48. The molecule has 1 aliphatic rings. The van der Waals surface area contributed by atoms with Crippen molar-refractivity contribution >= 4 is 41.5 Å². The molecule has 1 N–H and O–H groups in total. The summed E-state index contributed by atoms with van der Waals surface area (Å²) < 4.78 is 7.29. The molecule has 1 saturated heterocycles.